The minimum Gasteiger partial charge on any atom is -0.481 e. The maximum Gasteiger partial charge on any atom is 0.340 e. The number of carboxylic acid groups (broad SMARTS) is 2. The molecule has 0 aliphatic rings. The fourth-order valence-corrected chi connectivity index (χ4v) is 3.91. The minimum absolute atomic E-state index is 0.0394. The van der Waals surface area contributed by atoms with Crippen LogP contribution in [0.1, 0.15) is 22.3 Å². The molecule has 2 heterocycles. The average molecular weight is 406 g/mol. The standard InChI is InChI=1S/C23H18O7/c1-11-8-16-20(12(2)14(9-17(24)25)23(28)29-16)22-19(11)15(10-18(26)27)21(30-22)13-6-4-3-5-7-13/h3-8H,9-10H2,1-2H3,(H,24,25)(H,26,27). The van der Waals surface area contributed by atoms with Crippen molar-refractivity contribution in [2.45, 2.75) is 26.7 Å². The predicted molar refractivity (Wildman–Crippen MR) is 110 cm³/mol. The number of rotatable bonds is 5. The molecule has 0 amide bonds. The second-order valence-electron chi connectivity index (χ2n) is 7.18. The van der Waals surface area contributed by atoms with Crippen LogP contribution in [0.5, 0.6) is 0 Å². The number of aryl methyl sites for hydroxylation is 2. The Morgan fingerprint density at radius 3 is 2.17 bits per heavy atom. The summed E-state index contributed by atoms with van der Waals surface area (Å²) in [7, 11) is 0. The summed E-state index contributed by atoms with van der Waals surface area (Å²) in [6.07, 6.45) is -0.727. The summed E-state index contributed by atoms with van der Waals surface area (Å²) in [6.45, 7) is 3.44. The molecular formula is C23H18O7. The Balaban J connectivity index is 2.16. The molecule has 2 N–H and O–H groups in total. The number of carboxylic acids is 2. The van der Waals surface area contributed by atoms with Crippen LogP contribution in [0, 0.1) is 13.8 Å². The summed E-state index contributed by atoms with van der Waals surface area (Å²) in [4.78, 5) is 35.1. The van der Waals surface area contributed by atoms with Gasteiger partial charge in [-0.1, -0.05) is 30.3 Å². The van der Waals surface area contributed by atoms with Gasteiger partial charge in [-0.15, -0.1) is 0 Å². The zero-order chi connectivity index (χ0) is 21.6. The van der Waals surface area contributed by atoms with Crippen molar-refractivity contribution in [2.75, 3.05) is 0 Å². The van der Waals surface area contributed by atoms with Crippen molar-refractivity contribution in [1.29, 1.82) is 0 Å². The second kappa shape index (κ2) is 7.18. The topological polar surface area (TPSA) is 118 Å². The number of aliphatic carboxylic acids is 2. The predicted octanol–water partition coefficient (Wildman–Crippen LogP) is 4.08. The van der Waals surface area contributed by atoms with Gasteiger partial charge in [0.1, 0.15) is 16.9 Å². The third-order valence-corrected chi connectivity index (χ3v) is 5.19. The maximum atomic E-state index is 12.3. The zero-order valence-corrected chi connectivity index (χ0v) is 16.3. The van der Waals surface area contributed by atoms with Gasteiger partial charge < -0.3 is 19.0 Å². The van der Waals surface area contributed by atoms with E-state index in [4.69, 9.17) is 8.83 Å². The fourth-order valence-electron chi connectivity index (χ4n) is 3.91. The molecular weight excluding hydrogens is 388 g/mol. The number of benzene rings is 2. The van der Waals surface area contributed by atoms with E-state index in [9.17, 15) is 24.6 Å². The summed E-state index contributed by atoms with van der Waals surface area (Å²) in [5.74, 6) is -1.73. The lowest BCUT2D eigenvalue weighted by molar-refractivity contribution is -0.137. The summed E-state index contributed by atoms with van der Waals surface area (Å²) in [5.41, 5.74) is 2.38. The van der Waals surface area contributed by atoms with Crippen LogP contribution < -0.4 is 5.63 Å². The van der Waals surface area contributed by atoms with Crippen molar-refractivity contribution >= 4 is 33.9 Å². The molecule has 0 fully saturated rings. The Morgan fingerprint density at radius 1 is 0.900 bits per heavy atom. The third kappa shape index (κ3) is 3.14. The highest BCUT2D eigenvalue weighted by molar-refractivity contribution is 6.09. The smallest absolute Gasteiger partial charge is 0.340 e. The van der Waals surface area contributed by atoms with Crippen molar-refractivity contribution in [1.82, 2.24) is 0 Å². The minimum atomic E-state index is -1.15. The van der Waals surface area contributed by atoms with E-state index in [1.807, 2.05) is 30.3 Å². The van der Waals surface area contributed by atoms with Gasteiger partial charge in [0.05, 0.1) is 23.8 Å². The van der Waals surface area contributed by atoms with Crippen molar-refractivity contribution in [3.63, 3.8) is 0 Å². The molecule has 7 heteroatoms. The van der Waals surface area contributed by atoms with E-state index >= 15 is 0 Å². The molecule has 0 bridgehead atoms. The fraction of sp³-hybridized carbons (Fsp3) is 0.174. The highest BCUT2D eigenvalue weighted by Crippen LogP contribution is 2.40. The number of fused-ring (bicyclic) bond motifs is 3. The van der Waals surface area contributed by atoms with Gasteiger partial charge in [-0.2, -0.15) is 0 Å². The number of carbonyl (C=O) groups is 2. The monoisotopic (exact) mass is 406 g/mol. The van der Waals surface area contributed by atoms with Gasteiger partial charge >= 0.3 is 17.6 Å². The Kier molecular flexibility index (Phi) is 4.66. The number of furan rings is 1. The average Bonchev–Trinajstić information content (AvgIpc) is 3.04. The van der Waals surface area contributed by atoms with Crippen molar-refractivity contribution in [3.8, 4) is 11.3 Å². The van der Waals surface area contributed by atoms with Crippen molar-refractivity contribution in [2.24, 2.45) is 0 Å². The normalized spacial score (nSPS) is 11.3. The molecule has 4 aromatic rings. The molecule has 2 aromatic carbocycles. The van der Waals surface area contributed by atoms with Gasteiger partial charge in [-0.05, 0) is 31.0 Å². The first-order valence-electron chi connectivity index (χ1n) is 9.28. The van der Waals surface area contributed by atoms with E-state index in [0.29, 0.717) is 38.8 Å². The highest BCUT2D eigenvalue weighted by Gasteiger charge is 2.25. The van der Waals surface area contributed by atoms with Gasteiger partial charge in [0.25, 0.3) is 0 Å². The van der Waals surface area contributed by atoms with E-state index in [1.165, 1.54) is 0 Å². The SMILES string of the molecule is Cc1cc2oc(=O)c(CC(=O)O)c(C)c2c2oc(-c3ccccc3)c(CC(=O)O)c12. The van der Waals surface area contributed by atoms with Gasteiger partial charge in [-0.25, -0.2) is 4.79 Å². The van der Waals surface area contributed by atoms with E-state index < -0.39 is 24.0 Å². The van der Waals surface area contributed by atoms with Crippen LogP contribution in [0.4, 0.5) is 0 Å². The summed E-state index contributed by atoms with van der Waals surface area (Å²) >= 11 is 0. The van der Waals surface area contributed by atoms with E-state index in [2.05, 4.69) is 0 Å². The van der Waals surface area contributed by atoms with Crippen molar-refractivity contribution < 1.29 is 28.6 Å². The molecule has 7 nitrogen and oxygen atoms in total. The van der Waals surface area contributed by atoms with Crippen LogP contribution in [0.15, 0.2) is 50.0 Å². The number of hydrogen-bond donors (Lipinski definition) is 2. The zero-order valence-electron chi connectivity index (χ0n) is 16.3. The summed E-state index contributed by atoms with van der Waals surface area (Å²) < 4.78 is 11.6. The van der Waals surface area contributed by atoms with Crippen LogP contribution in [0.25, 0.3) is 33.3 Å². The molecule has 0 radical (unpaired) electrons. The molecule has 0 aliphatic carbocycles. The lowest BCUT2D eigenvalue weighted by Crippen LogP contribution is -2.15. The van der Waals surface area contributed by atoms with Crippen LogP contribution in [-0.4, -0.2) is 22.2 Å². The van der Waals surface area contributed by atoms with Gasteiger partial charge in [0.15, 0.2) is 0 Å². The summed E-state index contributed by atoms with van der Waals surface area (Å²) in [5, 5.41) is 19.8. The first kappa shape index (κ1) is 19.4. The third-order valence-electron chi connectivity index (χ3n) is 5.19. The molecule has 4 rings (SSSR count). The lowest BCUT2D eigenvalue weighted by atomic mass is 9.96. The molecule has 0 saturated carbocycles. The highest BCUT2D eigenvalue weighted by atomic mass is 16.4. The van der Waals surface area contributed by atoms with Crippen LogP contribution in [0.2, 0.25) is 0 Å². The molecule has 0 atom stereocenters. The maximum absolute atomic E-state index is 12.3. The first-order chi connectivity index (χ1) is 14.3. The molecule has 152 valence electrons. The molecule has 2 aromatic heterocycles. The van der Waals surface area contributed by atoms with Gasteiger partial charge in [0.2, 0.25) is 0 Å². The molecule has 0 saturated heterocycles. The molecule has 0 spiro atoms. The molecule has 0 unspecified atom stereocenters. The Hall–Kier alpha value is -3.87. The second-order valence-corrected chi connectivity index (χ2v) is 7.18. The van der Waals surface area contributed by atoms with Crippen LogP contribution >= 0.6 is 0 Å². The first-order valence-corrected chi connectivity index (χ1v) is 9.28. The summed E-state index contributed by atoms with van der Waals surface area (Å²) in [6, 6.07) is 10.8. The Bertz CT molecular complexity index is 1370. The molecule has 0 aliphatic heterocycles. The van der Waals surface area contributed by atoms with Crippen molar-refractivity contribution in [3.05, 3.63) is 69.1 Å². The Morgan fingerprint density at radius 2 is 1.53 bits per heavy atom. The van der Waals surface area contributed by atoms with E-state index in [-0.39, 0.29) is 17.6 Å². The van der Waals surface area contributed by atoms with Gasteiger partial charge in [-0.3, -0.25) is 9.59 Å². The van der Waals surface area contributed by atoms with Crippen LogP contribution in [-0.2, 0) is 22.4 Å². The number of hydrogen-bond acceptors (Lipinski definition) is 5. The molecule has 30 heavy (non-hydrogen) atoms. The lowest BCUT2D eigenvalue weighted by Gasteiger charge is -2.08. The Labute approximate surface area is 170 Å². The van der Waals surface area contributed by atoms with E-state index in [1.54, 1.807) is 19.9 Å². The van der Waals surface area contributed by atoms with E-state index in [0.717, 1.165) is 5.56 Å². The van der Waals surface area contributed by atoms with Gasteiger partial charge in [0, 0.05) is 16.5 Å². The van der Waals surface area contributed by atoms with Crippen LogP contribution in [0.3, 0.4) is 0 Å². The largest absolute Gasteiger partial charge is 0.481 e. The quantitative estimate of drug-likeness (QED) is 0.480.